The number of nitrogens with one attached hydrogen (secondary N) is 1. The van der Waals surface area contributed by atoms with Crippen LogP contribution in [-0.4, -0.2) is 156 Å². The second-order valence-corrected chi connectivity index (χ2v) is 7.30. The van der Waals surface area contributed by atoms with Crippen molar-refractivity contribution in [2.75, 3.05) is 139 Å². The van der Waals surface area contributed by atoms with Crippen LogP contribution in [0.4, 0.5) is 0 Å². The molecule has 0 rings (SSSR count). The van der Waals surface area contributed by atoms with Gasteiger partial charge in [-0.1, -0.05) is 0 Å². The van der Waals surface area contributed by atoms with E-state index in [1.54, 1.807) is 6.41 Å². The summed E-state index contributed by atoms with van der Waals surface area (Å²) in [7, 11) is 0. The van der Waals surface area contributed by atoms with Crippen LogP contribution >= 0.6 is 0 Å². The summed E-state index contributed by atoms with van der Waals surface area (Å²) in [6.45, 7) is 9.49. The molecule has 14 nitrogen and oxygen atoms in total. The van der Waals surface area contributed by atoms with E-state index in [1.165, 1.54) is 0 Å². The number of carboxylic acids is 1. The summed E-state index contributed by atoms with van der Waals surface area (Å²) in [4.78, 5) is 20.2. The van der Waals surface area contributed by atoms with Gasteiger partial charge >= 0.3 is 5.97 Å². The zero-order chi connectivity index (χ0) is 27.6. The zero-order valence-corrected chi connectivity index (χ0v) is 25.1. The van der Waals surface area contributed by atoms with Crippen LogP contribution in [0.2, 0.25) is 0 Å². The summed E-state index contributed by atoms with van der Waals surface area (Å²) >= 11 is 0. The number of carbonyl (C=O) groups excluding carboxylic acids is 1. The first-order valence-electron chi connectivity index (χ1n) is 12.9. The third kappa shape index (κ3) is 37.8. The Hall–Kier alpha value is -2.46. The molecule has 0 unspecified atom stereocenters. The first kappa shape index (κ1) is 38.7. The fourth-order valence-electron chi connectivity index (χ4n) is 2.41. The second-order valence-electron chi connectivity index (χ2n) is 7.30. The number of rotatable bonds is 34. The van der Waals surface area contributed by atoms with Crippen molar-refractivity contribution in [2.45, 2.75) is 6.42 Å². The van der Waals surface area contributed by atoms with Gasteiger partial charge in [0, 0.05) is 6.54 Å². The van der Waals surface area contributed by atoms with Crippen molar-refractivity contribution in [3.63, 3.8) is 0 Å². The normalized spacial score (nSPS) is 10.9. The summed E-state index contributed by atoms with van der Waals surface area (Å²) in [5.41, 5.74) is 0. The Morgan fingerprint density at radius 3 is 0.923 bits per heavy atom. The number of hydrogen-bond donors (Lipinski definition) is 2. The van der Waals surface area contributed by atoms with Crippen LogP contribution in [0.3, 0.4) is 0 Å². The van der Waals surface area contributed by atoms with E-state index in [1.807, 2.05) is 0 Å². The smallest absolute Gasteiger partial charge is 0.305 e. The first-order chi connectivity index (χ1) is 18.8. The summed E-state index contributed by atoms with van der Waals surface area (Å²) in [6.07, 6.45) is 1.57. The molecule has 2 N–H and O–H groups in total. The molecule has 15 heteroatoms. The van der Waals surface area contributed by atoms with Gasteiger partial charge < -0.3 is 62.6 Å². The molecule has 0 saturated heterocycles. The molecular weight excluding hydrogens is 767 g/mol. The Bertz CT molecular complexity index is 495. The number of carboxylic acid groups (broad SMARTS) is 1. The van der Waals surface area contributed by atoms with Gasteiger partial charge in [0.05, 0.1) is 139 Å². The maximum atomic E-state index is 10.3. The molecule has 0 aliphatic carbocycles. The van der Waals surface area contributed by atoms with E-state index in [9.17, 15) is 9.59 Å². The van der Waals surface area contributed by atoms with Crippen LogP contribution < -0.4 is 5.32 Å². The van der Waals surface area contributed by atoms with Crippen LogP contribution in [0.25, 0.3) is 0 Å². The minimum absolute atomic E-state index is 0. The van der Waals surface area contributed by atoms with Gasteiger partial charge in [0.2, 0.25) is 0 Å². The number of carbonyl (C=O) groups is 1. The summed E-state index contributed by atoms with van der Waals surface area (Å²) in [5, 5.41) is 10.8. The van der Waals surface area contributed by atoms with E-state index in [0.717, 1.165) is 0 Å². The van der Waals surface area contributed by atoms with E-state index in [0.29, 0.717) is 132 Å². The maximum Gasteiger partial charge on any atom is 0.305 e. The van der Waals surface area contributed by atoms with E-state index < -0.39 is 5.97 Å². The molecule has 0 spiro atoms. The second kappa shape index (κ2) is 35.5. The average molecular weight is 814 g/mol. The third-order valence-corrected chi connectivity index (χ3v) is 4.25. The molecule has 0 saturated carbocycles. The maximum absolute atomic E-state index is 10.3. The van der Waals surface area contributed by atoms with Crippen LogP contribution in [-0.2, 0) is 57.0 Å². The predicted octanol–water partition coefficient (Wildman–Crippen LogP) is -0.716. The molecule has 0 atom stereocenters. The minimum atomic E-state index is -0.876. The quantitative estimate of drug-likeness (QED) is 0.0478. The van der Waals surface area contributed by atoms with E-state index >= 15 is 0 Å². The Balaban J connectivity index is 0. The zero-order valence-electron chi connectivity index (χ0n) is 22.7. The average Bonchev–Trinajstić information content (AvgIpc) is 2.91. The minimum Gasteiger partial charge on any atom is -0.528 e. The van der Waals surface area contributed by atoms with Crippen molar-refractivity contribution in [3.8, 4) is 0 Å². The molecule has 0 aliphatic heterocycles. The van der Waals surface area contributed by atoms with Gasteiger partial charge in [0.15, 0.2) is 0 Å². The van der Waals surface area contributed by atoms with Crippen LogP contribution in [0.1, 0.15) is 6.42 Å². The summed E-state index contributed by atoms with van der Waals surface area (Å²) < 4.78 is 53.4. The van der Waals surface area contributed by atoms with Crippen LogP contribution in [0, 0.1) is 0 Å². The van der Waals surface area contributed by atoms with E-state index in [4.69, 9.17) is 52.5 Å². The topological polar surface area (TPSA) is 159 Å². The fourth-order valence-corrected chi connectivity index (χ4v) is 2.41. The molecule has 1 amide bonds. The number of amides is 1. The first-order valence-corrected chi connectivity index (χ1v) is 12.9. The largest absolute Gasteiger partial charge is 0.528 e. The van der Waals surface area contributed by atoms with Gasteiger partial charge in [-0.15, -0.1) is 0 Å². The van der Waals surface area contributed by atoms with Crippen molar-refractivity contribution in [3.05, 3.63) is 0 Å². The Kier molecular flexibility index (Phi) is 35.3. The molecule has 0 aromatic heterocycles. The predicted molar refractivity (Wildman–Crippen MR) is 134 cm³/mol. The summed E-state index contributed by atoms with van der Waals surface area (Å²) in [5.74, 6) is -0.876. The molecule has 238 valence electrons. The van der Waals surface area contributed by atoms with Crippen molar-refractivity contribution in [2.24, 2.45) is 0 Å². The standard InChI is InChI=1S/C24H46NO13.Fm/c26-23-25-2-4-30-6-8-32-10-12-34-14-16-36-18-20-38-22-21-37-19-17-35-15-13-33-11-9-31-7-5-29-3-1-24(27)28;/h1-22H2,(H,25,26)(H,27,28);/q-1;. The number of hydrogen-bond acceptors (Lipinski definition) is 12. The van der Waals surface area contributed by atoms with E-state index in [2.05, 4.69) is 5.32 Å². The van der Waals surface area contributed by atoms with Crippen molar-refractivity contribution in [1.29, 1.82) is 0 Å². The number of aliphatic carboxylic acids is 1. The van der Waals surface area contributed by atoms with Crippen molar-refractivity contribution < 1.29 is 62.1 Å². The summed E-state index contributed by atoms with van der Waals surface area (Å²) in [6, 6.07) is 0. The molecular formula is C24H46FmNO13-. The number of ether oxygens (including phenoxy) is 10. The molecule has 0 heterocycles. The molecule has 0 radical (unpaired) electrons. The van der Waals surface area contributed by atoms with Gasteiger partial charge in [0.25, 0.3) is 0 Å². The van der Waals surface area contributed by atoms with Crippen molar-refractivity contribution in [1.82, 2.24) is 5.32 Å². The third-order valence-electron chi connectivity index (χ3n) is 4.25. The molecule has 39 heavy (non-hydrogen) atoms. The molecule has 0 bridgehead atoms. The fraction of sp³-hybridized carbons (Fsp3) is 0.917. The van der Waals surface area contributed by atoms with Crippen molar-refractivity contribution >= 4 is 12.4 Å². The van der Waals surface area contributed by atoms with Gasteiger partial charge in [-0.25, -0.2) is 0 Å². The van der Waals surface area contributed by atoms with Gasteiger partial charge in [-0.2, -0.15) is 6.41 Å². The monoisotopic (exact) mass is 813 g/mol. The van der Waals surface area contributed by atoms with Gasteiger partial charge in [0.1, 0.15) is 0 Å². The molecule has 0 aliphatic rings. The van der Waals surface area contributed by atoms with E-state index in [-0.39, 0.29) is 13.0 Å². The molecule has 0 fully saturated rings. The van der Waals surface area contributed by atoms with Gasteiger partial charge in [-0.05, 0) is 0 Å². The SMILES string of the molecule is O=[C-]NCCOCCOCCOCCOCCOCCOCCOCCOCCOCCOCCC(=O)O.[Fm]. The van der Waals surface area contributed by atoms with Crippen LogP contribution in [0.15, 0.2) is 0 Å². The Labute approximate surface area is 225 Å². The molecule has 0 aromatic rings. The Morgan fingerprint density at radius 1 is 0.462 bits per heavy atom. The van der Waals surface area contributed by atoms with Crippen LogP contribution in [0.5, 0.6) is 0 Å². The van der Waals surface area contributed by atoms with Gasteiger partial charge in [-0.3, -0.25) is 4.79 Å². The molecule has 0 aromatic carbocycles. The Morgan fingerprint density at radius 2 is 0.692 bits per heavy atom.